The quantitative estimate of drug-likeness (QED) is 0.572. The van der Waals surface area contributed by atoms with Crippen LogP contribution in [0, 0.1) is 0 Å². The lowest BCUT2D eigenvalue weighted by molar-refractivity contribution is -0.122. The second-order valence-corrected chi connectivity index (χ2v) is 3.57. The van der Waals surface area contributed by atoms with E-state index < -0.39 is 0 Å². The van der Waals surface area contributed by atoms with E-state index >= 15 is 0 Å². The fourth-order valence-electron chi connectivity index (χ4n) is 0.563. The first kappa shape index (κ1) is 11.1. The Morgan fingerprint density at radius 3 is 2.42 bits per heavy atom. The molecule has 0 unspecified atom stereocenters. The van der Waals surface area contributed by atoms with Gasteiger partial charge in [-0.05, 0) is 20.8 Å². The standard InChI is InChI=1S/C8H16N2O2/c1-8(2,3)10-6-7(12)9-4-5-11/h5,10H,4,6H2,1-3H3,(H,9,12). The fraction of sp³-hybridized carbons (Fsp3) is 0.750. The minimum atomic E-state index is -0.156. The number of hydrogen-bond acceptors (Lipinski definition) is 3. The van der Waals surface area contributed by atoms with Crippen LogP contribution in [-0.4, -0.2) is 30.8 Å². The predicted octanol–water partition coefficient (Wildman–Crippen LogP) is -0.310. The maximum absolute atomic E-state index is 10.9. The van der Waals surface area contributed by atoms with E-state index in [1.807, 2.05) is 20.8 Å². The average molecular weight is 172 g/mol. The molecular weight excluding hydrogens is 156 g/mol. The molecule has 0 aromatic rings. The molecule has 0 saturated carbocycles. The molecule has 4 heteroatoms. The van der Waals surface area contributed by atoms with Crippen molar-refractivity contribution in [1.29, 1.82) is 0 Å². The third-order valence-corrected chi connectivity index (χ3v) is 1.16. The number of hydrogen-bond donors (Lipinski definition) is 2. The van der Waals surface area contributed by atoms with E-state index in [1.165, 1.54) is 0 Å². The Balaban J connectivity index is 3.51. The smallest absolute Gasteiger partial charge is 0.234 e. The van der Waals surface area contributed by atoms with Gasteiger partial charge in [0.1, 0.15) is 6.29 Å². The van der Waals surface area contributed by atoms with Crippen molar-refractivity contribution in [3.63, 3.8) is 0 Å². The Bertz CT molecular complexity index is 161. The zero-order valence-electron chi connectivity index (χ0n) is 7.81. The van der Waals surface area contributed by atoms with Crippen LogP contribution in [0.1, 0.15) is 20.8 Å². The average Bonchev–Trinajstić information content (AvgIpc) is 1.95. The molecule has 70 valence electrons. The molecule has 0 aromatic heterocycles. The van der Waals surface area contributed by atoms with Crippen LogP contribution in [0.15, 0.2) is 0 Å². The van der Waals surface area contributed by atoms with Crippen molar-refractivity contribution >= 4 is 12.2 Å². The molecule has 0 fully saturated rings. The second kappa shape index (κ2) is 4.87. The molecule has 0 spiro atoms. The Kier molecular flexibility index (Phi) is 4.51. The van der Waals surface area contributed by atoms with Gasteiger partial charge in [-0.25, -0.2) is 0 Å². The Hall–Kier alpha value is -0.900. The minimum Gasteiger partial charge on any atom is -0.348 e. The molecule has 0 atom stereocenters. The molecule has 0 aromatic carbocycles. The van der Waals surface area contributed by atoms with Crippen LogP contribution < -0.4 is 10.6 Å². The molecule has 0 aliphatic rings. The van der Waals surface area contributed by atoms with Crippen molar-refractivity contribution in [3.05, 3.63) is 0 Å². The number of amides is 1. The summed E-state index contributed by atoms with van der Waals surface area (Å²) in [6, 6.07) is 0. The Labute approximate surface area is 72.7 Å². The molecule has 0 aliphatic carbocycles. The number of carbonyl (C=O) groups excluding carboxylic acids is 2. The van der Waals surface area contributed by atoms with Gasteiger partial charge in [-0.15, -0.1) is 0 Å². The maximum Gasteiger partial charge on any atom is 0.234 e. The third kappa shape index (κ3) is 7.21. The van der Waals surface area contributed by atoms with E-state index in [2.05, 4.69) is 10.6 Å². The van der Waals surface area contributed by atoms with E-state index in [1.54, 1.807) is 0 Å². The van der Waals surface area contributed by atoms with Gasteiger partial charge in [-0.2, -0.15) is 0 Å². The van der Waals surface area contributed by atoms with E-state index in [0.717, 1.165) is 0 Å². The van der Waals surface area contributed by atoms with Gasteiger partial charge in [0.25, 0.3) is 0 Å². The monoisotopic (exact) mass is 172 g/mol. The summed E-state index contributed by atoms with van der Waals surface area (Å²) in [6.45, 7) is 6.25. The maximum atomic E-state index is 10.9. The van der Waals surface area contributed by atoms with Gasteiger partial charge in [0.15, 0.2) is 0 Å². The van der Waals surface area contributed by atoms with Gasteiger partial charge >= 0.3 is 0 Å². The summed E-state index contributed by atoms with van der Waals surface area (Å²) in [5, 5.41) is 5.44. The topological polar surface area (TPSA) is 58.2 Å². The first-order valence-corrected chi connectivity index (χ1v) is 3.91. The molecular formula is C8H16N2O2. The highest BCUT2D eigenvalue weighted by atomic mass is 16.2. The summed E-state index contributed by atoms with van der Waals surface area (Å²) >= 11 is 0. The van der Waals surface area contributed by atoms with E-state index in [0.29, 0.717) is 6.29 Å². The van der Waals surface area contributed by atoms with Gasteiger partial charge < -0.3 is 15.4 Å². The van der Waals surface area contributed by atoms with Gasteiger partial charge in [-0.3, -0.25) is 4.79 Å². The van der Waals surface area contributed by atoms with Crippen molar-refractivity contribution in [2.45, 2.75) is 26.3 Å². The molecule has 0 bridgehead atoms. The molecule has 12 heavy (non-hydrogen) atoms. The van der Waals surface area contributed by atoms with Gasteiger partial charge in [-0.1, -0.05) is 0 Å². The zero-order valence-corrected chi connectivity index (χ0v) is 7.81. The molecule has 0 radical (unpaired) electrons. The van der Waals surface area contributed by atoms with E-state index in [9.17, 15) is 9.59 Å². The van der Waals surface area contributed by atoms with Crippen molar-refractivity contribution < 1.29 is 9.59 Å². The summed E-state index contributed by atoms with van der Waals surface area (Å²) in [6.07, 6.45) is 0.662. The first-order valence-electron chi connectivity index (χ1n) is 3.91. The normalized spacial score (nSPS) is 10.9. The number of carbonyl (C=O) groups is 2. The largest absolute Gasteiger partial charge is 0.348 e. The van der Waals surface area contributed by atoms with Crippen LogP contribution in [0.25, 0.3) is 0 Å². The summed E-state index contributed by atoms with van der Waals surface area (Å²) in [7, 11) is 0. The van der Waals surface area contributed by atoms with Crippen LogP contribution in [0.3, 0.4) is 0 Å². The lowest BCUT2D eigenvalue weighted by Gasteiger charge is -2.19. The molecule has 0 rings (SSSR count). The number of rotatable bonds is 4. The van der Waals surface area contributed by atoms with Crippen LogP contribution in [0.5, 0.6) is 0 Å². The van der Waals surface area contributed by atoms with Crippen LogP contribution in [0.2, 0.25) is 0 Å². The summed E-state index contributed by atoms with van der Waals surface area (Å²) in [5.41, 5.74) is -0.0709. The van der Waals surface area contributed by atoms with Gasteiger partial charge in [0.2, 0.25) is 5.91 Å². The Morgan fingerprint density at radius 1 is 1.42 bits per heavy atom. The van der Waals surface area contributed by atoms with Crippen molar-refractivity contribution in [3.8, 4) is 0 Å². The predicted molar refractivity (Wildman–Crippen MR) is 46.8 cm³/mol. The summed E-state index contributed by atoms with van der Waals surface area (Å²) in [4.78, 5) is 20.8. The SMILES string of the molecule is CC(C)(C)NCC(=O)NCC=O. The zero-order chi connectivity index (χ0) is 9.61. The second-order valence-electron chi connectivity index (χ2n) is 3.57. The van der Waals surface area contributed by atoms with Crippen molar-refractivity contribution in [2.24, 2.45) is 0 Å². The Morgan fingerprint density at radius 2 is 2.00 bits per heavy atom. The lowest BCUT2D eigenvalue weighted by atomic mass is 10.1. The highest BCUT2D eigenvalue weighted by Crippen LogP contribution is 1.96. The van der Waals surface area contributed by atoms with Gasteiger partial charge in [0, 0.05) is 5.54 Å². The molecule has 1 amide bonds. The number of aldehydes is 1. The molecule has 0 aliphatic heterocycles. The lowest BCUT2D eigenvalue weighted by Crippen LogP contribution is -2.43. The first-order chi connectivity index (χ1) is 5.45. The molecule has 2 N–H and O–H groups in total. The summed E-state index contributed by atoms with van der Waals surface area (Å²) in [5.74, 6) is -0.156. The highest BCUT2D eigenvalue weighted by molar-refractivity contribution is 5.80. The molecule has 4 nitrogen and oxygen atoms in total. The highest BCUT2D eigenvalue weighted by Gasteiger charge is 2.10. The van der Waals surface area contributed by atoms with Crippen LogP contribution in [-0.2, 0) is 9.59 Å². The van der Waals surface area contributed by atoms with E-state index in [-0.39, 0.29) is 24.5 Å². The van der Waals surface area contributed by atoms with Crippen LogP contribution >= 0.6 is 0 Å². The van der Waals surface area contributed by atoms with Crippen LogP contribution in [0.4, 0.5) is 0 Å². The fourth-order valence-corrected chi connectivity index (χ4v) is 0.563. The number of nitrogens with one attached hydrogen (secondary N) is 2. The molecule has 0 saturated heterocycles. The minimum absolute atomic E-state index is 0.0709. The third-order valence-electron chi connectivity index (χ3n) is 1.16. The van der Waals surface area contributed by atoms with Crippen molar-refractivity contribution in [2.75, 3.05) is 13.1 Å². The van der Waals surface area contributed by atoms with E-state index in [4.69, 9.17) is 0 Å². The summed E-state index contributed by atoms with van der Waals surface area (Å²) < 4.78 is 0. The van der Waals surface area contributed by atoms with Crippen molar-refractivity contribution in [1.82, 2.24) is 10.6 Å². The molecule has 0 heterocycles. The van der Waals surface area contributed by atoms with Gasteiger partial charge in [0.05, 0.1) is 13.1 Å².